The summed E-state index contributed by atoms with van der Waals surface area (Å²) in [5, 5.41) is 7.15. The molecule has 204 valence electrons. The van der Waals surface area contributed by atoms with Crippen LogP contribution in [-0.4, -0.2) is 56.8 Å². The van der Waals surface area contributed by atoms with E-state index in [0.29, 0.717) is 11.4 Å². The summed E-state index contributed by atoms with van der Waals surface area (Å²) in [4.78, 5) is 33.6. The number of likely N-dealkylation sites (tertiary alicyclic amines) is 1. The Morgan fingerprint density at radius 2 is 1.60 bits per heavy atom. The van der Waals surface area contributed by atoms with Crippen LogP contribution in [0.1, 0.15) is 23.3 Å². The van der Waals surface area contributed by atoms with E-state index in [9.17, 15) is 22.8 Å². The summed E-state index contributed by atoms with van der Waals surface area (Å²) in [7, 11) is 0. The summed E-state index contributed by atoms with van der Waals surface area (Å²) in [5.41, 5.74) is 0.545. The lowest BCUT2D eigenvalue weighted by Gasteiger charge is -2.43. The number of piperidine rings is 1. The smallest absolute Gasteiger partial charge is 0.274 e. The monoisotopic (exact) mass is 566 g/mol. The quantitative estimate of drug-likeness (QED) is 0.391. The molecule has 2 aromatic carbocycles. The van der Waals surface area contributed by atoms with Crippen molar-refractivity contribution in [2.24, 2.45) is 0 Å². The molecule has 2 saturated heterocycles. The maximum atomic E-state index is 14.8. The summed E-state index contributed by atoms with van der Waals surface area (Å²) in [6.07, 6.45) is 3.55. The van der Waals surface area contributed by atoms with Gasteiger partial charge in [0.25, 0.3) is 5.91 Å². The van der Waals surface area contributed by atoms with Crippen molar-refractivity contribution in [2.75, 3.05) is 24.7 Å². The van der Waals surface area contributed by atoms with Gasteiger partial charge in [0, 0.05) is 36.1 Å². The highest BCUT2D eigenvalue weighted by atomic mass is 35.5. The van der Waals surface area contributed by atoms with Crippen LogP contribution >= 0.6 is 11.6 Å². The number of nitrogens with one attached hydrogen (secondary N) is 1. The number of pyridine rings is 1. The first-order valence-electron chi connectivity index (χ1n) is 12.5. The van der Waals surface area contributed by atoms with E-state index in [1.165, 1.54) is 17.0 Å². The Balaban J connectivity index is 1.28. The van der Waals surface area contributed by atoms with E-state index in [1.54, 1.807) is 52.3 Å². The lowest BCUT2D eigenvalue weighted by Crippen LogP contribution is -2.57. The number of carbonyl (C=O) groups excluding carboxylic acids is 2. The standard InChI is InChI=1S/C28H22ClF3N6O2/c29-18-13-21(31)25(22(32)14-18)37-16-34-27(40)28(37)7-11-36(12-8-28)26(39)23-15-24(17-5-9-33-10-6-17)38(35-23)20-3-1-19(30)2-4-20/h1-6,9-10,13-15H,7-8,11-12,16H2,(H,34,40). The fourth-order valence-electron chi connectivity index (χ4n) is 5.41. The molecular weight excluding hydrogens is 545 g/mol. The van der Waals surface area contributed by atoms with Gasteiger partial charge in [-0.25, -0.2) is 17.9 Å². The normalized spacial score (nSPS) is 16.4. The summed E-state index contributed by atoms with van der Waals surface area (Å²) >= 11 is 5.79. The third-order valence-corrected chi connectivity index (χ3v) is 7.66. The minimum absolute atomic E-state index is 0.0698. The van der Waals surface area contributed by atoms with Crippen LogP contribution in [0.3, 0.4) is 0 Å². The molecule has 0 unspecified atom stereocenters. The van der Waals surface area contributed by atoms with Crippen molar-refractivity contribution < 1.29 is 22.8 Å². The number of hydrogen-bond donors (Lipinski definition) is 1. The summed E-state index contributed by atoms with van der Waals surface area (Å²) in [6, 6.07) is 13.0. The van der Waals surface area contributed by atoms with Gasteiger partial charge in [-0.1, -0.05) is 11.6 Å². The first kappa shape index (κ1) is 25.9. The van der Waals surface area contributed by atoms with Gasteiger partial charge in [-0.2, -0.15) is 5.10 Å². The molecule has 0 saturated carbocycles. The average molecular weight is 567 g/mol. The Morgan fingerprint density at radius 1 is 0.950 bits per heavy atom. The maximum Gasteiger partial charge on any atom is 0.274 e. The molecule has 0 atom stereocenters. The van der Waals surface area contributed by atoms with Gasteiger partial charge in [0.2, 0.25) is 5.91 Å². The zero-order valence-corrected chi connectivity index (χ0v) is 21.7. The highest BCUT2D eigenvalue weighted by Gasteiger charge is 2.52. The molecular formula is C28H22ClF3N6O2. The first-order chi connectivity index (χ1) is 19.3. The minimum Gasteiger partial charge on any atom is -0.337 e. The number of benzene rings is 2. The van der Waals surface area contributed by atoms with Gasteiger partial charge in [0.15, 0.2) is 17.3 Å². The van der Waals surface area contributed by atoms with Gasteiger partial charge in [0.05, 0.1) is 18.1 Å². The van der Waals surface area contributed by atoms with Gasteiger partial charge in [-0.05, 0) is 67.4 Å². The summed E-state index contributed by atoms with van der Waals surface area (Å²) in [5.74, 6) is -2.85. The number of aromatic nitrogens is 3. The van der Waals surface area contributed by atoms with Crippen LogP contribution < -0.4 is 10.2 Å². The van der Waals surface area contributed by atoms with E-state index in [1.807, 2.05) is 0 Å². The van der Waals surface area contributed by atoms with Crippen molar-refractivity contribution in [3.63, 3.8) is 0 Å². The van der Waals surface area contributed by atoms with E-state index < -0.39 is 23.0 Å². The average Bonchev–Trinajstić information content (AvgIpc) is 3.52. The number of hydrogen-bond acceptors (Lipinski definition) is 5. The van der Waals surface area contributed by atoms with Crippen molar-refractivity contribution in [3.05, 3.63) is 95.2 Å². The lowest BCUT2D eigenvalue weighted by molar-refractivity contribution is -0.124. The van der Waals surface area contributed by atoms with Crippen LogP contribution in [0.5, 0.6) is 0 Å². The highest BCUT2D eigenvalue weighted by molar-refractivity contribution is 6.30. The number of amides is 2. The zero-order valence-electron chi connectivity index (χ0n) is 21.0. The van der Waals surface area contributed by atoms with Gasteiger partial charge in [0.1, 0.15) is 17.0 Å². The van der Waals surface area contributed by atoms with Crippen LogP contribution in [0.2, 0.25) is 5.02 Å². The molecule has 2 aromatic heterocycles. The molecule has 0 bridgehead atoms. The Kier molecular flexibility index (Phi) is 6.46. The fraction of sp³-hybridized carbons (Fsp3) is 0.214. The number of anilines is 1. The third kappa shape index (κ3) is 4.36. The molecule has 2 aliphatic heterocycles. The van der Waals surface area contributed by atoms with Gasteiger partial charge < -0.3 is 15.1 Å². The number of nitrogens with zero attached hydrogens (tertiary/aromatic N) is 5. The SMILES string of the molecule is O=C(c1cc(-c2ccncc2)n(-c2ccc(F)cc2)n1)N1CCC2(CC1)C(=O)NCN2c1c(F)cc(Cl)cc1F. The van der Waals surface area contributed by atoms with E-state index >= 15 is 0 Å². The van der Waals surface area contributed by atoms with Crippen molar-refractivity contribution in [2.45, 2.75) is 18.4 Å². The number of carbonyl (C=O) groups is 2. The number of halogens is 4. The molecule has 2 fully saturated rings. The van der Waals surface area contributed by atoms with E-state index in [0.717, 1.165) is 17.7 Å². The van der Waals surface area contributed by atoms with Gasteiger partial charge in [-0.15, -0.1) is 0 Å². The molecule has 40 heavy (non-hydrogen) atoms. The molecule has 6 rings (SSSR count). The molecule has 0 radical (unpaired) electrons. The molecule has 2 amide bonds. The van der Waals surface area contributed by atoms with E-state index in [4.69, 9.17) is 11.6 Å². The molecule has 4 aromatic rings. The highest BCUT2D eigenvalue weighted by Crippen LogP contribution is 2.40. The topological polar surface area (TPSA) is 83.4 Å². The Morgan fingerprint density at radius 3 is 2.25 bits per heavy atom. The Bertz CT molecular complexity index is 1580. The van der Waals surface area contributed by atoms with E-state index in [-0.39, 0.29) is 60.8 Å². The minimum atomic E-state index is -1.22. The molecule has 1 N–H and O–H groups in total. The van der Waals surface area contributed by atoms with Crippen molar-refractivity contribution in [3.8, 4) is 16.9 Å². The van der Waals surface area contributed by atoms with Crippen LogP contribution in [0, 0.1) is 17.5 Å². The lowest BCUT2D eigenvalue weighted by atomic mass is 9.85. The van der Waals surface area contributed by atoms with Crippen molar-refractivity contribution >= 4 is 29.1 Å². The van der Waals surface area contributed by atoms with Gasteiger partial charge >= 0.3 is 0 Å². The maximum absolute atomic E-state index is 14.8. The molecule has 2 aliphatic rings. The van der Waals surface area contributed by atoms with Crippen LogP contribution in [0.15, 0.2) is 67.0 Å². The molecule has 0 aliphatic carbocycles. The second kappa shape index (κ2) is 9.98. The Labute approximate surface area is 232 Å². The first-order valence-corrected chi connectivity index (χ1v) is 12.9. The second-order valence-corrected chi connectivity index (χ2v) is 10.1. The predicted molar refractivity (Wildman–Crippen MR) is 141 cm³/mol. The largest absolute Gasteiger partial charge is 0.337 e. The predicted octanol–water partition coefficient (Wildman–Crippen LogP) is 4.57. The van der Waals surface area contributed by atoms with Crippen LogP contribution in [-0.2, 0) is 4.79 Å². The van der Waals surface area contributed by atoms with Crippen molar-refractivity contribution in [1.29, 1.82) is 0 Å². The fourth-order valence-corrected chi connectivity index (χ4v) is 5.60. The van der Waals surface area contributed by atoms with Crippen LogP contribution in [0.25, 0.3) is 16.9 Å². The summed E-state index contributed by atoms with van der Waals surface area (Å²) in [6.45, 7) is 0.251. The molecule has 8 nitrogen and oxygen atoms in total. The Hall–Kier alpha value is -4.38. The van der Waals surface area contributed by atoms with Crippen molar-refractivity contribution in [1.82, 2.24) is 25.0 Å². The second-order valence-electron chi connectivity index (χ2n) is 9.67. The van der Waals surface area contributed by atoms with E-state index in [2.05, 4.69) is 15.4 Å². The molecule has 1 spiro atoms. The summed E-state index contributed by atoms with van der Waals surface area (Å²) < 4.78 is 44.7. The number of rotatable bonds is 4. The zero-order chi connectivity index (χ0) is 28.0. The van der Waals surface area contributed by atoms with Crippen LogP contribution in [0.4, 0.5) is 18.9 Å². The van der Waals surface area contributed by atoms with Gasteiger partial charge in [-0.3, -0.25) is 14.6 Å². The molecule has 12 heteroatoms. The molecule has 4 heterocycles. The third-order valence-electron chi connectivity index (χ3n) is 7.44.